The van der Waals surface area contributed by atoms with Crippen molar-refractivity contribution < 1.29 is 9.47 Å². The molecule has 0 aromatic heterocycles. The molecule has 0 unspecified atom stereocenters. The Morgan fingerprint density at radius 3 is 2.33 bits per heavy atom. The van der Waals surface area contributed by atoms with Crippen molar-refractivity contribution in [1.82, 2.24) is 0 Å². The number of halogens is 2. The first kappa shape index (κ1) is 16.0. The number of rotatable bonds is 7. The fraction of sp³-hybridized carbons (Fsp3) is 0.250. The Bertz CT molecular complexity index is 573. The summed E-state index contributed by atoms with van der Waals surface area (Å²) in [5.41, 5.74) is 6.62. The molecule has 2 aromatic rings. The van der Waals surface area contributed by atoms with Gasteiger partial charge in [0.25, 0.3) is 0 Å². The van der Waals surface area contributed by atoms with Crippen molar-refractivity contribution in [1.29, 1.82) is 0 Å². The van der Waals surface area contributed by atoms with Crippen molar-refractivity contribution in [2.24, 2.45) is 5.73 Å². The Hall–Kier alpha value is -1.42. The Kier molecular flexibility index (Phi) is 6.18. The summed E-state index contributed by atoms with van der Waals surface area (Å²) in [6.07, 6.45) is 0.751. The quantitative estimate of drug-likeness (QED) is 0.772. The summed E-state index contributed by atoms with van der Waals surface area (Å²) in [6.45, 7) is 1.62. The lowest BCUT2D eigenvalue weighted by Crippen LogP contribution is -2.05. The SMILES string of the molecule is NCc1ccc(OCCCOc2cccc(Cl)c2Cl)cc1. The molecule has 0 spiro atoms. The second kappa shape index (κ2) is 8.13. The molecule has 0 atom stereocenters. The first-order valence-electron chi connectivity index (χ1n) is 6.69. The second-order valence-electron chi connectivity index (χ2n) is 4.45. The third kappa shape index (κ3) is 4.81. The van der Waals surface area contributed by atoms with Gasteiger partial charge in [0.15, 0.2) is 0 Å². The molecule has 0 saturated heterocycles. The average Bonchev–Trinajstić information content (AvgIpc) is 2.51. The highest BCUT2D eigenvalue weighted by Gasteiger charge is 2.04. The summed E-state index contributed by atoms with van der Waals surface area (Å²) in [5, 5.41) is 0.933. The van der Waals surface area contributed by atoms with Gasteiger partial charge in [0.1, 0.15) is 16.5 Å². The molecular formula is C16H17Cl2NO2. The van der Waals surface area contributed by atoms with E-state index in [0.717, 1.165) is 17.7 Å². The van der Waals surface area contributed by atoms with Gasteiger partial charge in [0.2, 0.25) is 0 Å². The van der Waals surface area contributed by atoms with Crippen LogP contribution in [0.3, 0.4) is 0 Å². The van der Waals surface area contributed by atoms with Crippen LogP contribution < -0.4 is 15.2 Å². The van der Waals surface area contributed by atoms with Gasteiger partial charge in [-0.1, -0.05) is 41.4 Å². The van der Waals surface area contributed by atoms with Gasteiger partial charge in [-0.05, 0) is 29.8 Å². The van der Waals surface area contributed by atoms with E-state index in [9.17, 15) is 0 Å². The molecule has 0 fully saturated rings. The summed E-state index contributed by atoms with van der Waals surface area (Å²) in [4.78, 5) is 0. The molecule has 0 aliphatic carbocycles. The molecule has 0 heterocycles. The van der Waals surface area contributed by atoms with Crippen LogP contribution in [0, 0.1) is 0 Å². The highest BCUT2D eigenvalue weighted by atomic mass is 35.5. The molecule has 0 aliphatic rings. The maximum atomic E-state index is 6.03. The van der Waals surface area contributed by atoms with Gasteiger partial charge in [0.05, 0.1) is 18.2 Å². The van der Waals surface area contributed by atoms with E-state index in [1.807, 2.05) is 24.3 Å². The van der Waals surface area contributed by atoms with Crippen molar-refractivity contribution >= 4 is 23.2 Å². The molecule has 0 amide bonds. The molecule has 2 N–H and O–H groups in total. The number of benzene rings is 2. The third-order valence-electron chi connectivity index (χ3n) is 2.89. The van der Waals surface area contributed by atoms with Crippen molar-refractivity contribution in [3.05, 3.63) is 58.1 Å². The van der Waals surface area contributed by atoms with E-state index >= 15 is 0 Å². The van der Waals surface area contributed by atoms with Gasteiger partial charge in [0, 0.05) is 13.0 Å². The van der Waals surface area contributed by atoms with Gasteiger partial charge in [-0.25, -0.2) is 0 Å². The summed E-state index contributed by atoms with van der Waals surface area (Å²) in [5.74, 6) is 1.42. The maximum absolute atomic E-state index is 6.03. The van der Waals surface area contributed by atoms with Crippen LogP contribution in [0.15, 0.2) is 42.5 Å². The van der Waals surface area contributed by atoms with E-state index < -0.39 is 0 Å². The standard InChI is InChI=1S/C16H17Cl2NO2/c17-14-3-1-4-15(16(14)18)21-10-2-9-20-13-7-5-12(11-19)6-8-13/h1,3-8H,2,9-11,19H2. The molecule has 0 aliphatic heterocycles. The van der Waals surface area contributed by atoms with Crippen LogP contribution in [0.25, 0.3) is 0 Å². The second-order valence-corrected chi connectivity index (χ2v) is 5.24. The van der Waals surface area contributed by atoms with Crippen LogP contribution in [0.4, 0.5) is 0 Å². The Morgan fingerprint density at radius 2 is 1.62 bits per heavy atom. The minimum absolute atomic E-state index is 0.442. The summed E-state index contributed by atoms with van der Waals surface area (Å²) >= 11 is 11.9. The van der Waals surface area contributed by atoms with Crippen molar-refractivity contribution in [3.8, 4) is 11.5 Å². The minimum atomic E-state index is 0.442. The normalized spacial score (nSPS) is 10.4. The number of hydrogen-bond acceptors (Lipinski definition) is 3. The smallest absolute Gasteiger partial charge is 0.139 e. The molecule has 2 rings (SSSR count). The summed E-state index contributed by atoms with van der Waals surface area (Å²) in [6, 6.07) is 13.1. The molecule has 112 valence electrons. The molecule has 21 heavy (non-hydrogen) atoms. The topological polar surface area (TPSA) is 44.5 Å². The van der Waals surface area contributed by atoms with Gasteiger partial charge in [-0.2, -0.15) is 0 Å². The van der Waals surface area contributed by atoms with Crippen LogP contribution in [0.1, 0.15) is 12.0 Å². The molecule has 0 bridgehead atoms. The molecule has 0 saturated carbocycles. The zero-order chi connectivity index (χ0) is 15.1. The van der Waals surface area contributed by atoms with Crippen molar-refractivity contribution in [3.63, 3.8) is 0 Å². The summed E-state index contributed by atoms with van der Waals surface area (Å²) in [7, 11) is 0. The van der Waals surface area contributed by atoms with Crippen LogP contribution in [0.2, 0.25) is 10.0 Å². The molecule has 3 nitrogen and oxygen atoms in total. The van der Waals surface area contributed by atoms with Crippen LogP contribution in [0.5, 0.6) is 11.5 Å². The monoisotopic (exact) mass is 325 g/mol. The summed E-state index contributed by atoms with van der Waals surface area (Å²) < 4.78 is 11.2. The van der Waals surface area contributed by atoms with E-state index in [2.05, 4.69) is 0 Å². The molecular weight excluding hydrogens is 309 g/mol. The van der Waals surface area contributed by atoms with E-state index in [0.29, 0.717) is 35.6 Å². The van der Waals surface area contributed by atoms with E-state index in [-0.39, 0.29) is 0 Å². The van der Waals surface area contributed by atoms with Crippen molar-refractivity contribution in [2.45, 2.75) is 13.0 Å². The predicted octanol–water partition coefficient (Wildman–Crippen LogP) is 4.30. The lowest BCUT2D eigenvalue weighted by atomic mass is 10.2. The predicted molar refractivity (Wildman–Crippen MR) is 86.4 cm³/mol. The fourth-order valence-electron chi connectivity index (χ4n) is 1.75. The van der Waals surface area contributed by atoms with Crippen LogP contribution >= 0.6 is 23.2 Å². The third-order valence-corrected chi connectivity index (χ3v) is 3.69. The van der Waals surface area contributed by atoms with Crippen LogP contribution in [-0.2, 0) is 6.54 Å². The number of hydrogen-bond donors (Lipinski definition) is 1. The molecule has 0 radical (unpaired) electrons. The Labute approximate surface area is 134 Å². The lowest BCUT2D eigenvalue weighted by Gasteiger charge is -2.10. The number of nitrogens with two attached hydrogens (primary N) is 1. The van der Waals surface area contributed by atoms with E-state index in [1.54, 1.807) is 18.2 Å². The van der Waals surface area contributed by atoms with Crippen LogP contribution in [-0.4, -0.2) is 13.2 Å². The zero-order valence-corrected chi connectivity index (χ0v) is 13.0. The van der Waals surface area contributed by atoms with Gasteiger partial charge in [-0.15, -0.1) is 0 Å². The number of ether oxygens (including phenoxy) is 2. The first-order chi connectivity index (χ1) is 10.2. The zero-order valence-electron chi connectivity index (χ0n) is 11.5. The fourth-order valence-corrected chi connectivity index (χ4v) is 2.09. The lowest BCUT2D eigenvalue weighted by molar-refractivity contribution is 0.247. The Morgan fingerprint density at radius 1 is 0.905 bits per heavy atom. The van der Waals surface area contributed by atoms with E-state index in [1.165, 1.54) is 0 Å². The van der Waals surface area contributed by atoms with Gasteiger partial charge < -0.3 is 15.2 Å². The average molecular weight is 326 g/mol. The van der Waals surface area contributed by atoms with Gasteiger partial charge >= 0.3 is 0 Å². The highest BCUT2D eigenvalue weighted by molar-refractivity contribution is 6.42. The first-order valence-corrected chi connectivity index (χ1v) is 7.45. The van der Waals surface area contributed by atoms with Crippen molar-refractivity contribution in [2.75, 3.05) is 13.2 Å². The Balaban J connectivity index is 1.71. The highest BCUT2D eigenvalue weighted by Crippen LogP contribution is 2.31. The largest absolute Gasteiger partial charge is 0.493 e. The minimum Gasteiger partial charge on any atom is -0.493 e. The maximum Gasteiger partial charge on any atom is 0.139 e. The molecule has 5 heteroatoms. The molecule has 2 aromatic carbocycles. The van der Waals surface area contributed by atoms with Gasteiger partial charge in [-0.3, -0.25) is 0 Å². The van der Waals surface area contributed by atoms with E-state index in [4.69, 9.17) is 38.4 Å².